The molecule has 0 aromatic heterocycles. The van der Waals surface area contributed by atoms with Crippen LogP contribution in [0.2, 0.25) is 0 Å². The van der Waals surface area contributed by atoms with Crippen molar-refractivity contribution >= 4 is 6.09 Å². The molecule has 0 atom stereocenters. The van der Waals surface area contributed by atoms with Crippen molar-refractivity contribution in [3.63, 3.8) is 0 Å². The van der Waals surface area contributed by atoms with E-state index in [0.717, 1.165) is 25.9 Å². The average molecular weight is 200 g/mol. The Labute approximate surface area is 85.8 Å². The highest BCUT2D eigenvalue weighted by atomic mass is 16.7. The van der Waals surface area contributed by atoms with Crippen LogP contribution < -0.4 is 0 Å². The van der Waals surface area contributed by atoms with Crippen LogP contribution in [0.4, 0.5) is 4.79 Å². The molecular weight excluding hydrogens is 180 g/mol. The fourth-order valence-corrected chi connectivity index (χ4v) is 1.61. The molecule has 4 nitrogen and oxygen atoms in total. The van der Waals surface area contributed by atoms with E-state index in [0.29, 0.717) is 13.1 Å². The smallest absolute Gasteiger partial charge is 0.351 e. The van der Waals surface area contributed by atoms with Crippen LogP contribution in [0.3, 0.4) is 0 Å². The molecule has 1 rings (SSSR count). The van der Waals surface area contributed by atoms with Gasteiger partial charge in [0.05, 0.1) is 0 Å². The third kappa shape index (κ3) is 3.18. The number of rotatable bonds is 3. The summed E-state index contributed by atoms with van der Waals surface area (Å²) >= 11 is 0. The second-order valence-corrected chi connectivity index (χ2v) is 3.52. The fourth-order valence-electron chi connectivity index (χ4n) is 1.61. The van der Waals surface area contributed by atoms with Crippen molar-refractivity contribution in [2.75, 3.05) is 26.2 Å². The van der Waals surface area contributed by atoms with Gasteiger partial charge in [-0.2, -0.15) is 0 Å². The van der Waals surface area contributed by atoms with Gasteiger partial charge in [0.15, 0.2) is 0 Å². The van der Waals surface area contributed by atoms with E-state index in [1.807, 2.05) is 13.8 Å². The highest BCUT2D eigenvalue weighted by molar-refractivity contribution is 5.67. The number of nitrogens with zero attached hydrogens (tertiary/aromatic N) is 2. The fraction of sp³-hybridized carbons (Fsp3) is 0.900. The molecule has 1 aliphatic rings. The normalized spacial score (nSPS) is 17.9. The van der Waals surface area contributed by atoms with Crippen molar-refractivity contribution in [2.45, 2.75) is 33.1 Å². The standard InChI is InChI=1S/C10H20N2O2/c1-3-11(4-2)10(13)14-12-8-6-5-7-9-12/h3-9H2,1-2H3. The molecule has 82 valence electrons. The Kier molecular flexibility index (Phi) is 4.73. The van der Waals surface area contributed by atoms with Gasteiger partial charge in [0, 0.05) is 26.2 Å². The number of hydrogen-bond acceptors (Lipinski definition) is 3. The van der Waals surface area contributed by atoms with E-state index in [1.54, 1.807) is 9.96 Å². The number of carbonyl (C=O) groups is 1. The van der Waals surface area contributed by atoms with Crippen LogP contribution in [0.5, 0.6) is 0 Å². The van der Waals surface area contributed by atoms with Crippen LogP contribution in [-0.4, -0.2) is 42.2 Å². The van der Waals surface area contributed by atoms with Gasteiger partial charge < -0.3 is 9.74 Å². The molecule has 0 aliphatic carbocycles. The van der Waals surface area contributed by atoms with Gasteiger partial charge in [-0.05, 0) is 26.7 Å². The van der Waals surface area contributed by atoms with Crippen LogP contribution in [0, 0.1) is 0 Å². The molecule has 1 heterocycles. The van der Waals surface area contributed by atoms with E-state index in [1.165, 1.54) is 6.42 Å². The summed E-state index contributed by atoms with van der Waals surface area (Å²) in [6.07, 6.45) is 3.30. The van der Waals surface area contributed by atoms with Gasteiger partial charge in [-0.1, -0.05) is 6.42 Å². The maximum absolute atomic E-state index is 11.5. The second-order valence-electron chi connectivity index (χ2n) is 3.52. The first kappa shape index (κ1) is 11.3. The monoisotopic (exact) mass is 200 g/mol. The second kappa shape index (κ2) is 5.86. The first-order chi connectivity index (χ1) is 6.77. The zero-order valence-corrected chi connectivity index (χ0v) is 9.16. The maximum Gasteiger partial charge on any atom is 0.428 e. The molecule has 0 N–H and O–H groups in total. The Morgan fingerprint density at radius 3 is 2.29 bits per heavy atom. The lowest BCUT2D eigenvalue weighted by Crippen LogP contribution is -2.39. The molecule has 4 heteroatoms. The molecule has 0 radical (unpaired) electrons. The lowest BCUT2D eigenvalue weighted by molar-refractivity contribution is -0.121. The highest BCUT2D eigenvalue weighted by Gasteiger charge is 2.18. The predicted molar refractivity (Wildman–Crippen MR) is 54.8 cm³/mol. The molecule has 0 aromatic carbocycles. The molecule has 0 spiro atoms. The Balaban J connectivity index is 2.30. The van der Waals surface area contributed by atoms with E-state index in [-0.39, 0.29) is 6.09 Å². The van der Waals surface area contributed by atoms with E-state index < -0.39 is 0 Å². The lowest BCUT2D eigenvalue weighted by atomic mass is 10.2. The number of hydroxylamine groups is 2. The summed E-state index contributed by atoms with van der Waals surface area (Å²) in [7, 11) is 0. The molecule has 1 aliphatic heterocycles. The minimum absolute atomic E-state index is 0.211. The van der Waals surface area contributed by atoms with Crippen molar-refractivity contribution in [3.05, 3.63) is 0 Å². The van der Waals surface area contributed by atoms with Crippen LogP contribution in [-0.2, 0) is 4.84 Å². The van der Waals surface area contributed by atoms with Crippen molar-refractivity contribution < 1.29 is 9.63 Å². The van der Waals surface area contributed by atoms with Crippen molar-refractivity contribution in [2.24, 2.45) is 0 Å². The third-order valence-electron chi connectivity index (χ3n) is 2.54. The van der Waals surface area contributed by atoms with Gasteiger partial charge >= 0.3 is 6.09 Å². The zero-order chi connectivity index (χ0) is 10.4. The molecule has 0 saturated carbocycles. The van der Waals surface area contributed by atoms with Gasteiger partial charge in [0.25, 0.3) is 0 Å². The SMILES string of the molecule is CCN(CC)C(=O)ON1CCCCC1. The van der Waals surface area contributed by atoms with Gasteiger partial charge in [-0.3, -0.25) is 0 Å². The third-order valence-corrected chi connectivity index (χ3v) is 2.54. The predicted octanol–water partition coefficient (Wildman–Crippen LogP) is 1.87. The Morgan fingerprint density at radius 1 is 1.21 bits per heavy atom. The van der Waals surface area contributed by atoms with E-state index in [9.17, 15) is 4.79 Å². The van der Waals surface area contributed by atoms with Crippen LogP contribution >= 0.6 is 0 Å². The summed E-state index contributed by atoms with van der Waals surface area (Å²) in [5, 5.41) is 1.78. The lowest BCUT2D eigenvalue weighted by Gasteiger charge is -2.27. The number of amides is 1. The molecule has 14 heavy (non-hydrogen) atoms. The minimum atomic E-state index is -0.211. The summed E-state index contributed by atoms with van der Waals surface area (Å²) in [6, 6.07) is 0. The topological polar surface area (TPSA) is 32.8 Å². The quantitative estimate of drug-likeness (QED) is 0.697. The van der Waals surface area contributed by atoms with Gasteiger partial charge in [-0.15, -0.1) is 5.06 Å². The molecule has 0 unspecified atom stereocenters. The summed E-state index contributed by atoms with van der Waals surface area (Å²) in [4.78, 5) is 18.5. The molecule has 1 saturated heterocycles. The Bertz CT molecular complexity index is 175. The van der Waals surface area contributed by atoms with Gasteiger partial charge in [-0.25, -0.2) is 4.79 Å². The molecular formula is C10H20N2O2. The van der Waals surface area contributed by atoms with Crippen LogP contribution in [0.15, 0.2) is 0 Å². The number of piperidine rings is 1. The Morgan fingerprint density at radius 2 is 1.79 bits per heavy atom. The molecule has 1 amide bonds. The van der Waals surface area contributed by atoms with Gasteiger partial charge in [0.1, 0.15) is 0 Å². The molecule has 0 bridgehead atoms. The molecule has 1 fully saturated rings. The Hall–Kier alpha value is -0.770. The minimum Gasteiger partial charge on any atom is -0.351 e. The largest absolute Gasteiger partial charge is 0.428 e. The summed E-state index contributed by atoms with van der Waals surface area (Å²) in [6.45, 7) is 7.11. The van der Waals surface area contributed by atoms with Crippen molar-refractivity contribution in [3.8, 4) is 0 Å². The number of carbonyl (C=O) groups excluding carboxylic acids is 1. The first-order valence-electron chi connectivity index (χ1n) is 5.49. The van der Waals surface area contributed by atoms with E-state index >= 15 is 0 Å². The zero-order valence-electron chi connectivity index (χ0n) is 9.16. The molecule has 0 aromatic rings. The van der Waals surface area contributed by atoms with Crippen molar-refractivity contribution in [1.82, 2.24) is 9.96 Å². The van der Waals surface area contributed by atoms with Crippen LogP contribution in [0.25, 0.3) is 0 Å². The van der Waals surface area contributed by atoms with E-state index in [2.05, 4.69) is 0 Å². The van der Waals surface area contributed by atoms with Crippen molar-refractivity contribution in [1.29, 1.82) is 0 Å². The van der Waals surface area contributed by atoms with Crippen LogP contribution in [0.1, 0.15) is 33.1 Å². The number of hydrogen-bond donors (Lipinski definition) is 0. The first-order valence-corrected chi connectivity index (χ1v) is 5.49. The summed E-state index contributed by atoms with van der Waals surface area (Å²) < 4.78 is 0. The maximum atomic E-state index is 11.5. The van der Waals surface area contributed by atoms with Gasteiger partial charge in [0.2, 0.25) is 0 Å². The summed E-state index contributed by atoms with van der Waals surface area (Å²) in [5.74, 6) is 0. The summed E-state index contributed by atoms with van der Waals surface area (Å²) in [5.41, 5.74) is 0. The highest BCUT2D eigenvalue weighted by Crippen LogP contribution is 2.09. The van der Waals surface area contributed by atoms with E-state index in [4.69, 9.17) is 4.84 Å². The average Bonchev–Trinajstić information content (AvgIpc) is 2.21.